The average molecular weight is 217 g/mol. The number of fused-ring (bicyclic) bond motifs is 1. The Hall–Kier alpha value is -2.04. The van der Waals surface area contributed by atoms with E-state index in [1.165, 1.54) is 0 Å². The molecule has 16 heavy (non-hydrogen) atoms. The third-order valence-corrected chi connectivity index (χ3v) is 2.02. The molecule has 82 valence electrons. The van der Waals surface area contributed by atoms with E-state index >= 15 is 0 Å². The highest BCUT2D eigenvalue weighted by atomic mass is 16.5. The molecule has 2 heterocycles. The van der Waals surface area contributed by atoms with Gasteiger partial charge in [0.2, 0.25) is 0 Å². The fourth-order valence-electron chi connectivity index (χ4n) is 1.35. The van der Waals surface area contributed by atoms with E-state index in [0.29, 0.717) is 17.9 Å². The van der Waals surface area contributed by atoms with Crippen LogP contribution < -0.4 is 0 Å². The van der Waals surface area contributed by atoms with Crippen molar-refractivity contribution in [3.63, 3.8) is 0 Å². The maximum Gasteiger partial charge on any atom is 0.311 e. The van der Waals surface area contributed by atoms with Gasteiger partial charge in [-0.3, -0.25) is 9.78 Å². The zero-order chi connectivity index (χ0) is 11.4. The normalized spacial score (nSPS) is 10.3. The van der Waals surface area contributed by atoms with Crippen LogP contribution in [0.1, 0.15) is 12.6 Å². The molecule has 2 rings (SSSR count). The number of nitrogens with zero attached hydrogens (tertiary/aromatic N) is 3. The SMILES string of the molecule is CCOC(=O)Cc1ccc2nccnc2n1. The van der Waals surface area contributed by atoms with E-state index in [2.05, 4.69) is 15.0 Å². The number of carbonyl (C=O) groups is 1. The molecule has 0 saturated carbocycles. The highest BCUT2D eigenvalue weighted by Crippen LogP contribution is 2.07. The lowest BCUT2D eigenvalue weighted by Crippen LogP contribution is -2.08. The Balaban J connectivity index is 2.22. The minimum atomic E-state index is -0.279. The standard InChI is InChI=1S/C11H11N3O2/c1-2-16-10(15)7-8-3-4-9-11(14-8)13-6-5-12-9/h3-6H,2,7H2,1H3. The summed E-state index contributed by atoms with van der Waals surface area (Å²) in [7, 11) is 0. The first kappa shape index (κ1) is 10.5. The van der Waals surface area contributed by atoms with Gasteiger partial charge < -0.3 is 4.74 Å². The van der Waals surface area contributed by atoms with Gasteiger partial charge in [0.1, 0.15) is 5.52 Å². The Kier molecular flexibility index (Phi) is 3.05. The summed E-state index contributed by atoms with van der Waals surface area (Å²) in [6, 6.07) is 3.55. The molecule has 0 N–H and O–H groups in total. The first-order valence-electron chi connectivity index (χ1n) is 5.02. The van der Waals surface area contributed by atoms with Crippen LogP contribution in [0, 0.1) is 0 Å². The molecule has 2 aromatic rings. The fourth-order valence-corrected chi connectivity index (χ4v) is 1.35. The Morgan fingerprint density at radius 1 is 1.31 bits per heavy atom. The van der Waals surface area contributed by atoms with Gasteiger partial charge in [0.15, 0.2) is 5.65 Å². The van der Waals surface area contributed by atoms with E-state index in [-0.39, 0.29) is 12.4 Å². The van der Waals surface area contributed by atoms with Crippen LogP contribution in [0.4, 0.5) is 0 Å². The number of ether oxygens (including phenoxy) is 1. The lowest BCUT2D eigenvalue weighted by molar-refractivity contribution is -0.142. The van der Waals surface area contributed by atoms with Gasteiger partial charge in [-0.2, -0.15) is 0 Å². The molecule has 0 aromatic carbocycles. The van der Waals surface area contributed by atoms with Crippen molar-refractivity contribution in [2.45, 2.75) is 13.3 Å². The molecule has 0 bridgehead atoms. The van der Waals surface area contributed by atoms with Crippen LogP contribution in [0.25, 0.3) is 11.2 Å². The summed E-state index contributed by atoms with van der Waals surface area (Å²) in [6.45, 7) is 2.16. The molecule has 0 fully saturated rings. The van der Waals surface area contributed by atoms with Crippen LogP contribution in [0.5, 0.6) is 0 Å². The van der Waals surface area contributed by atoms with Crippen LogP contribution in [-0.4, -0.2) is 27.5 Å². The van der Waals surface area contributed by atoms with Gasteiger partial charge in [0, 0.05) is 12.4 Å². The largest absolute Gasteiger partial charge is 0.466 e. The first-order chi connectivity index (χ1) is 7.79. The van der Waals surface area contributed by atoms with Gasteiger partial charge in [0.25, 0.3) is 0 Å². The predicted molar refractivity (Wildman–Crippen MR) is 57.7 cm³/mol. The van der Waals surface area contributed by atoms with Crippen molar-refractivity contribution in [2.75, 3.05) is 6.61 Å². The third-order valence-electron chi connectivity index (χ3n) is 2.02. The molecule has 5 heteroatoms. The van der Waals surface area contributed by atoms with Gasteiger partial charge in [-0.1, -0.05) is 0 Å². The topological polar surface area (TPSA) is 65.0 Å². The second kappa shape index (κ2) is 4.65. The smallest absolute Gasteiger partial charge is 0.311 e. The number of rotatable bonds is 3. The minimum Gasteiger partial charge on any atom is -0.466 e. The van der Waals surface area contributed by atoms with Gasteiger partial charge >= 0.3 is 5.97 Å². The van der Waals surface area contributed by atoms with Crippen molar-refractivity contribution in [2.24, 2.45) is 0 Å². The molecule has 0 amide bonds. The Labute approximate surface area is 92.5 Å². The van der Waals surface area contributed by atoms with Crippen molar-refractivity contribution in [3.8, 4) is 0 Å². The first-order valence-corrected chi connectivity index (χ1v) is 5.02. The summed E-state index contributed by atoms with van der Waals surface area (Å²) in [5, 5.41) is 0. The summed E-state index contributed by atoms with van der Waals surface area (Å²) in [4.78, 5) is 23.6. The zero-order valence-corrected chi connectivity index (χ0v) is 8.88. The van der Waals surface area contributed by atoms with Crippen LogP contribution in [0.2, 0.25) is 0 Å². The molecule has 2 aromatic heterocycles. The van der Waals surface area contributed by atoms with Crippen LogP contribution in [-0.2, 0) is 16.0 Å². The number of aromatic nitrogens is 3. The molecular formula is C11H11N3O2. The van der Waals surface area contributed by atoms with Crippen molar-refractivity contribution in [1.29, 1.82) is 0 Å². The highest BCUT2D eigenvalue weighted by molar-refractivity contribution is 5.74. The molecule has 0 saturated heterocycles. The number of esters is 1. The average Bonchev–Trinajstić information content (AvgIpc) is 2.29. The Morgan fingerprint density at radius 2 is 2.12 bits per heavy atom. The zero-order valence-electron chi connectivity index (χ0n) is 8.88. The van der Waals surface area contributed by atoms with Crippen LogP contribution in [0.3, 0.4) is 0 Å². The lowest BCUT2D eigenvalue weighted by Gasteiger charge is -2.02. The lowest BCUT2D eigenvalue weighted by atomic mass is 10.2. The summed E-state index contributed by atoms with van der Waals surface area (Å²) < 4.78 is 4.84. The van der Waals surface area contributed by atoms with Crippen molar-refractivity contribution in [1.82, 2.24) is 15.0 Å². The molecule has 0 radical (unpaired) electrons. The van der Waals surface area contributed by atoms with Gasteiger partial charge in [-0.05, 0) is 19.1 Å². The summed E-state index contributed by atoms with van der Waals surface area (Å²) in [6.07, 6.45) is 3.35. The quantitative estimate of drug-likeness (QED) is 0.721. The van der Waals surface area contributed by atoms with Crippen LogP contribution >= 0.6 is 0 Å². The van der Waals surface area contributed by atoms with E-state index in [9.17, 15) is 4.79 Å². The molecule has 0 atom stereocenters. The maximum atomic E-state index is 11.3. The van der Waals surface area contributed by atoms with Crippen molar-refractivity contribution in [3.05, 3.63) is 30.2 Å². The predicted octanol–water partition coefficient (Wildman–Crippen LogP) is 1.13. The van der Waals surface area contributed by atoms with E-state index < -0.39 is 0 Å². The second-order valence-electron chi connectivity index (χ2n) is 3.18. The number of hydrogen-bond donors (Lipinski definition) is 0. The van der Waals surface area contributed by atoms with Gasteiger partial charge in [-0.15, -0.1) is 0 Å². The maximum absolute atomic E-state index is 11.3. The van der Waals surface area contributed by atoms with E-state index in [1.54, 1.807) is 31.5 Å². The van der Waals surface area contributed by atoms with Crippen molar-refractivity contribution < 1.29 is 9.53 Å². The molecule has 0 aliphatic rings. The minimum absolute atomic E-state index is 0.167. The molecule has 0 aliphatic carbocycles. The molecule has 0 aliphatic heterocycles. The Bertz CT molecular complexity index is 513. The van der Waals surface area contributed by atoms with E-state index in [4.69, 9.17) is 4.74 Å². The third kappa shape index (κ3) is 2.31. The second-order valence-corrected chi connectivity index (χ2v) is 3.18. The Morgan fingerprint density at radius 3 is 2.94 bits per heavy atom. The highest BCUT2D eigenvalue weighted by Gasteiger charge is 2.06. The molecule has 0 unspecified atom stereocenters. The van der Waals surface area contributed by atoms with Gasteiger partial charge in [0.05, 0.1) is 18.7 Å². The molecular weight excluding hydrogens is 206 g/mol. The van der Waals surface area contributed by atoms with Gasteiger partial charge in [-0.25, -0.2) is 9.97 Å². The number of pyridine rings is 1. The summed E-state index contributed by atoms with van der Waals surface area (Å²) in [5.74, 6) is -0.279. The fraction of sp³-hybridized carbons (Fsp3) is 0.273. The monoisotopic (exact) mass is 217 g/mol. The summed E-state index contributed by atoms with van der Waals surface area (Å²) in [5.41, 5.74) is 1.91. The number of hydrogen-bond acceptors (Lipinski definition) is 5. The summed E-state index contributed by atoms with van der Waals surface area (Å²) >= 11 is 0. The molecule has 0 spiro atoms. The molecule has 5 nitrogen and oxygen atoms in total. The van der Waals surface area contributed by atoms with Crippen molar-refractivity contribution >= 4 is 17.1 Å². The number of carbonyl (C=O) groups excluding carboxylic acids is 1. The van der Waals surface area contributed by atoms with E-state index in [0.717, 1.165) is 5.52 Å². The van der Waals surface area contributed by atoms with Crippen LogP contribution in [0.15, 0.2) is 24.5 Å². The van der Waals surface area contributed by atoms with E-state index in [1.807, 2.05) is 0 Å².